The van der Waals surface area contributed by atoms with E-state index in [9.17, 15) is 0 Å². The van der Waals surface area contributed by atoms with Gasteiger partial charge in [0, 0.05) is 103 Å². The molecule has 49 heavy (non-hydrogen) atoms. The van der Waals surface area contributed by atoms with Gasteiger partial charge in [0.15, 0.2) is 0 Å². The normalized spacial score (nSPS) is 3.27. The minimum Gasteiger partial charge on any atom is 0 e. The third-order valence-electron chi connectivity index (χ3n) is 2.02. The quantitative estimate of drug-likeness (QED) is 0.159. The second-order valence-electron chi connectivity index (χ2n) is 3.23. The van der Waals surface area contributed by atoms with Crippen molar-refractivity contribution in [2.24, 2.45) is 0 Å². The van der Waals surface area contributed by atoms with Gasteiger partial charge in [0.1, 0.15) is 0 Å². The summed E-state index contributed by atoms with van der Waals surface area (Å²) in [5.41, 5.74) is 1.98. The average molecular weight is 1020 g/mol. The largest absolute Gasteiger partial charge is 0 e. The van der Waals surface area contributed by atoms with Crippen LogP contribution >= 0.6 is 0 Å². The van der Waals surface area contributed by atoms with Crippen LogP contribution in [0.3, 0.4) is 0 Å². The first kappa shape index (κ1) is 119. The number of benzene rings is 2. The molecule has 2 aromatic rings. The van der Waals surface area contributed by atoms with Gasteiger partial charge in [-0.2, -0.15) is 0 Å². The summed E-state index contributed by atoms with van der Waals surface area (Å²) in [5, 5.41) is 0. The van der Waals surface area contributed by atoms with Gasteiger partial charge in [-0.25, -0.2) is 0 Å². The zero-order valence-electron chi connectivity index (χ0n) is 23.2. The molecule has 0 aliphatic carbocycles. The molecule has 0 atom stereocenters. The van der Waals surface area contributed by atoms with Gasteiger partial charge in [-0.15, -0.1) is 0 Å². The molecule has 0 fully saturated rings. The number of rotatable bonds is 0. The summed E-state index contributed by atoms with van der Waals surface area (Å²) in [4.78, 5) is 0. The molecule has 0 N–H and O–H groups in total. The van der Waals surface area contributed by atoms with E-state index in [-0.39, 0.29) is 92.0 Å². The van der Waals surface area contributed by atoms with Crippen molar-refractivity contribution in [2.75, 3.05) is 0 Å². The molecule has 0 unspecified atom stereocenters. The molecule has 0 bridgehead atoms. The van der Waals surface area contributed by atoms with Crippen LogP contribution in [0.4, 0.5) is 0 Å². The second-order valence-corrected chi connectivity index (χ2v) is 3.23. The molecule has 0 heterocycles. The molecule has 19 heteroatoms. The Balaban J connectivity index is -0.0000000158. The fourth-order valence-electron chi connectivity index (χ4n) is 1.25. The predicted octanol–water partition coefficient (Wildman–Crippen LogP) is 2.55. The molecule has 0 spiro atoms. The molecule has 0 saturated carbocycles. The molecule has 0 aromatic heterocycles. The van der Waals surface area contributed by atoms with Crippen LogP contribution in [0.2, 0.25) is 0 Å². The Hall–Kier alpha value is -3.20. The third-order valence-corrected chi connectivity index (χ3v) is 2.02. The van der Waals surface area contributed by atoms with Crippen LogP contribution in [0.25, 0.3) is 0 Å². The van der Waals surface area contributed by atoms with E-state index in [0.717, 1.165) is 11.1 Å². The Morgan fingerprint density at radius 2 is 0.388 bits per heavy atom. The molecule has 0 amide bonds. The summed E-state index contributed by atoms with van der Waals surface area (Å²) >= 11 is 0. The topological polar surface area (TPSA) is 279 Å². The maximum absolute atomic E-state index is 7.50. The molecule has 0 saturated heterocycles. The average Bonchev–Trinajstić information content (AvgIpc) is 3.22. The number of hydrogen-bond donors (Lipinski definition) is 0. The zero-order valence-corrected chi connectivity index (χ0v) is 30.5. The van der Waals surface area contributed by atoms with Crippen molar-refractivity contribution in [1.82, 2.24) is 0 Å². The Morgan fingerprint density at radius 3 is 0.510 bits per heavy atom. The molecule has 256 valence electrons. The van der Waals surface area contributed by atoms with Crippen molar-refractivity contribution in [1.29, 1.82) is 0 Å². The van der Waals surface area contributed by atoms with Gasteiger partial charge in [-0.05, 0) is 36.1 Å². The van der Waals surface area contributed by atoms with Gasteiger partial charge in [0.2, 0.25) is 0 Å². The van der Waals surface area contributed by atoms with Crippen LogP contribution in [0.15, 0.2) is 60.7 Å². The molecular weight excluding hydrogens is 1010 g/mol. The number of hydrogen-bond acceptors (Lipinski definition) is 0. The second kappa shape index (κ2) is 304. The van der Waals surface area contributed by atoms with E-state index >= 15 is 0 Å². The van der Waals surface area contributed by atoms with Crippen LogP contribution in [0, 0.1) is 117 Å². The van der Waals surface area contributed by atoms with Gasteiger partial charge in [0.25, 0.3) is 0 Å². The summed E-state index contributed by atoms with van der Waals surface area (Å²) in [6.07, 6.45) is 0. The molecule has 0 aliphatic rings. The summed E-state index contributed by atoms with van der Waals surface area (Å²) < 4.78 is 105. The van der Waals surface area contributed by atoms with Crippen molar-refractivity contribution in [2.45, 2.75) is 0 Å². The van der Waals surface area contributed by atoms with Crippen molar-refractivity contribution >= 4 is 0 Å². The zero-order chi connectivity index (χ0) is 39.1. The summed E-state index contributed by atoms with van der Waals surface area (Å²) in [7, 11) is 0. The van der Waals surface area contributed by atoms with Crippen LogP contribution in [0.5, 0.6) is 0 Å². The monoisotopic (exact) mass is 1020 g/mol. The Labute approximate surface area is 343 Å². The molecule has 0 aliphatic heterocycles. The van der Waals surface area contributed by atoms with Gasteiger partial charge in [-0.3, -0.25) is 0 Å². The van der Waals surface area contributed by atoms with Crippen molar-refractivity contribution in [3.8, 4) is 23.7 Å². The molecule has 14 nitrogen and oxygen atoms in total. The van der Waals surface area contributed by atoms with E-state index in [0.29, 0.717) is 0 Å². The Bertz CT molecular complexity index is 989. The maximum atomic E-state index is 7.50. The SMILES string of the molecule is C(C#Cc1ccccc1)#Cc1ccccc1.[C-]#[O+].[C-]#[O+].[C-]#[O+].[C-]#[O+].[C-]#[O+].[C-]#[O+].[C-]#[O+].[C-]#[O+].[C-]#[O+].[C-]#[O+].[C-]#[O+].[C-]#[O+].[C-]#[O+].[C-]#[O+].[Co].[Co].[Ru].[Ru].[Ru]. The van der Waals surface area contributed by atoms with Crippen LogP contribution in [0.1, 0.15) is 11.1 Å². The third kappa shape index (κ3) is 209. The minimum absolute atomic E-state index is 0. The first-order valence-corrected chi connectivity index (χ1v) is 7.93. The van der Waals surface area contributed by atoms with Gasteiger partial charge < -0.3 is 0 Å². The molecular formula is C30H10Co2O14Ru3. The first-order valence-electron chi connectivity index (χ1n) is 7.93. The molecule has 2 aromatic carbocycles. The maximum Gasteiger partial charge on any atom is 0 e. The standard InChI is InChI=1S/C16H10.14CO.2Co.3Ru/c1-3-9-15(10-4-1)13-7-8-14-16-11-5-2-6-12-16;14*1-2;;;;;/h1-6,9-12H;;;;;;;;;;;;;;;;;;;. The van der Waals surface area contributed by atoms with Crippen LogP contribution in [-0.4, -0.2) is 0 Å². The Kier molecular flexibility index (Phi) is 739. The van der Waals surface area contributed by atoms with E-state index in [2.05, 4.69) is 117 Å². The van der Waals surface area contributed by atoms with Crippen molar-refractivity contribution in [3.63, 3.8) is 0 Å². The van der Waals surface area contributed by atoms with Gasteiger partial charge in [-0.1, -0.05) is 48.2 Å². The smallest absolute Gasteiger partial charge is 0 e. The van der Waals surface area contributed by atoms with Gasteiger partial charge >= 0.3 is 158 Å². The molecule has 2 rings (SSSR count). The van der Waals surface area contributed by atoms with E-state index in [1.807, 2.05) is 60.7 Å². The predicted molar refractivity (Wildman–Crippen MR) is 122 cm³/mol. The van der Waals surface area contributed by atoms with Crippen LogP contribution < -0.4 is 0 Å². The van der Waals surface area contributed by atoms with Crippen LogP contribution in [-0.2, 0) is 157 Å². The summed E-state index contributed by atoms with van der Waals surface area (Å²) in [6, 6.07) is 19.7. The minimum atomic E-state index is 0. The van der Waals surface area contributed by atoms with E-state index in [1.54, 1.807) is 0 Å². The summed E-state index contributed by atoms with van der Waals surface area (Å²) in [6.45, 7) is 63.0. The first-order chi connectivity index (χ1) is 21.9. The van der Waals surface area contributed by atoms with E-state index in [1.165, 1.54) is 0 Å². The van der Waals surface area contributed by atoms with Crippen molar-refractivity contribution < 1.29 is 157 Å². The van der Waals surface area contributed by atoms with E-state index in [4.69, 9.17) is 65.1 Å². The molecule has 2 radical (unpaired) electrons. The fourth-order valence-corrected chi connectivity index (χ4v) is 1.25. The fraction of sp³-hybridized carbons (Fsp3) is 0. The van der Waals surface area contributed by atoms with E-state index < -0.39 is 0 Å². The Morgan fingerprint density at radius 1 is 0.265 bits per heavy atom. The van der Waals surface area contributed by atoms with Crippen molar-refractivity contribution in [3.05, 3.63) is 165 Å². The summed E-state index contributed by atoms with van der Waals surface area (Å²) in [5.74, 6) is 11.7. The van der Waals surface area contributed by atoms with Gasteiger partial charge in [0.05, 0.1) is 0 Å².